The first kappa shape index (κ1) is 15.1. The number of hydrogen-bond acceptors (Lipinski definition) is 6. The highest BCUT2D eigenvalue weighted by molar-refractivity contribution is 6.13. The maximum atomic E-state index is 10.8. The van der Waals surface area contributed by atoms with E-state index in [1.807, 2.05) is 24.3 Å². The lowest BCUT2D eigenvalue weighted by atomic mass is 10.3. The third-order valence-corrected chi connectivity index (χ3v) is 2.24. The summed E-state index contributed by atoms with van der Waals surface area (Å²) in [5.74, 6) is 1.31. The first-order valence-corrected chi connectivity index (χ1v) is 5.63. The zero-order valence-corrected chi connectivity index (χ0v) is 10.5. The summed E-state index contributed by atoms with van der Waals surface area (Å²) in [6.07, 6.45) is -0.633. The van der Waals surface area contributed by atoms with Crippen molar-refractivity contribution in [3.63, 3.8) is 0 Å². The van der Waals surface area contributed by atoms with Crippen molar-refractivity contribution in [1.29, 1.82) is 0 Å². The molecule has 0 radical (unpaired) electrons. The van der Waals surface area contributed by atoms with E-state index in [4.69, 9.17) is 24.3 Å². The van der Waals surface area contributed by atoms with Gasteiger partial charge in [-0.2, -0.15) is 0 Å². The molecule has 0 saturated carbocycles. The van der Waals surface area contributed by atoms with E-state index < -0.39 is 13.8 Å². The molecule has 0 bridgehead atoms. The molecule has 1 heterocycles. The fourth-order valence-electron chi connectivity index (χ4n) is 1.45. The molecule has 1 aromatic carbocycles. The summed E-state index contributed by atoms with van der Waals surface area (Å²) in [5, 5.41) is 16.8. The lowest BCUT2D eigenvalue weighted by Gasteiger charge is -2.12. The quantitative estimate of drug-likeness (QED) is 0.633. The Bertz CT molecular complexity index is 403. The second kappa shape index (κ2) is 8.22. The van der Waals surface area contributed by atoms with E-state index in [0.29, 0.717) is 24.7 Å². The Morgan fingerprint density at radius 2 is 2.05 bits per heavy atom. The van der Waals surface area contributed by atoms with E-state index >= 15 is 0 Å². The van der Waals surface area contributed by atoms with Crippen LogP contribution in [0, 0.1) is 0 Å². The maximum absolute atomic E-state index is 10.8. The zero-order chi connectivity index (χ0) is 14.1. The van der Waals surface area contributed by atoms with Crippen LogP contribution in [0.1, 0.15) is 0 Å². The second-order valence-corrected chi connectivity index (χ2v) is 3.51. The molecule has 1 saturated heterocycles. The molecule has 8 heteroatoms. The Morgan fingerprint density at radius 1 is 1.42 bits per heavy atom. The number of alkyl carbamates (subject to hydrolysis) is 1. The molecule has 1 aliphatic heterocycles. The summed E-state index contributed by atoms with van der Waals surface area (Å²) in [4.78, 5) is 10.8. The molecule has 7 nitrogen and oxygen atoms in total. The lowest BCUT2D eigenvalue weighted by Crippen LogP contribution is -2.22. The van der Waals surface area contributed by atoms with Crippen molar-refractivity contribution in [1.82, 2.24) is 5.32 Å². The van der Waals surface area contributed by atoms with Gasteiger partial charge in [-0.3, -0.25) is 0 Å². The number of carbonyl (C=O) groups is 1. The number of methoxy groups -OCH3 is 1. The molecule has 1 unspecified atom stereocenters. The topological polar surface area (TPSA) is 97.3 Å². The van der Waals surface area contributed by atoms with Gasteiger partial charge in [0.2, 0.25) is 0 Å². The number of amides is 1. The highest BCUT2D eigenvalue weighted by Gasteiger charge is 2.23. The van der Waals surface area contributed by atoms with Gasteiger partial charge in [0.15, 0.2) is 17.6 Å². The average molecular weight is 269 g/mol. The number of cyclic esters (lactones) is 1. The molecule has 3 N–H and O–H groups in total. The van der Waals surface area contributed by atoms with Gasteiger partial charge in [-0.25, -0.2) is 4.79 Å². The first-order chi connectivity index (χ1) is 9.21. The summed E-state index contributed by atoms with van der Waals surface area (Å²) in [7, 11) is 0.833. The molecule has 0 aliphatic carbocycles. The summed E-state index contributed by atoms with van der Waals surface area (Å²) >= 11 is 0. The fraction of sp³-hybridized carbons (Fsp3) is 0.364. The Hall–Kier alpha value is -1.93. The Labute approximate surface area is 111 Å². The first-order valence-electron chi connectivity index (χ1n) is 5.63. The van der Waals surface area contributed by atoms with Crippen LogP contribution in [0.25, 0.3) is 0 Å². The molecule has 2 rings (SSSR count). The van der Waals surface area contributed by atoms with Crippen LogP contribution in [0.15, 0.2) is 24.3 Å². The molecule has 1 aliphatic rings. The van der Waals surface area contributed by atoms with Crippen LogP contribution in [-0.4, -0.2) is 50.2 Å². The van der Waals surface area contributed by atoms with Gasteiger partial charge in [0.05, 0.1) is 13.7 Å². The molecule has 0 aromatic heterocycles. The number of hydrogen-bond donors (Lipinski definition) is 3. The third-order valence-electron chi connectivity index (χ3n) is 2.24. The molecular weight excluding hydrogens is 253 g/mol. The smallest absolute Gasteiger partial charge is 0.432 e. The number of nitrogens with one attached hydrogen (secondary N) is 1. The van der Waals surface area contributed by atoms with E-state index in [9.17, 15) is 4.79 Å². The van der Waals surface area contributed by atoms with Gasteiger partial charge in [0, 0.05) is 0 Å². The van der Waals surface area contributed by atoms with Gasteiger partial charge in [0.1, 0.15) is 6.61 Å². The average Bonchev–Trinajstić information content (AvgIpc) is 2.83. The van der Waals surface area contributed by atoms with Crippen LogP contribution in [-0.2, 0) is 4.74 Å². The fourth-order valence-corrected chi connectivity index (χ4v) is 1.45. The van der Waals surface area contributed by atoms with Crippen molar-refractivity contribution in [2.24, 2.45) is 0 Å². The number of ether oxygens (including phenoxy) is 3. The van der Waals surface area contributed by atoms with Gasteiger partial charge < -0.3 is 29.6 Å². The molecule has 19 heavy (non-hydrogen) atoms. The lowest BCUT2D eigenvalue weighted by molar-refractivity contribution is 0.103. The van der Waals surface area contributed by atoms with Crippen LogP contribution >= 0.6 is 0 Å². The zero-order valence-electron chi connectivity index (χ0n) is 10.5. The molecule has 1 amide bonds. The third kappa shape index (κ3) is 5.06. The monoisotopic (exact) mass is 269 g/mol. The summed E-state index contributed by atoms with van der Waals surface area (Å²) in [5.41, 5.74) is 0. The van der Waals surface area contributed by atoms with E-state index in [1.165, 1.54) is 0 Å². The SMILES string of the molecule is COc1ccccc1OCC1CNC(=O)O1.OBO. The van der Waals surface area contributed by atoms with Crippen LogP contribution in [0.5, 0.6) is 11.5 Å². The molecule has 1 fully saturated rings. The number of benzene rings is 1. The van der Waals surface area contributed by atoms with Crippen molar-refractivity contribution in [2.45, 2.75) is 6.10 Å². The van der Waals surface area contributed by atoms with Crippen molar-refractivity contribution in [2.75, 3.05) is 20.3 Å². The minimum absolute atomic E-state index is 0.239. The predicted octanol–water partition coefficient (Wildman–Crippen LogP) is -0.580. The second-order valence-electron chi connectivity index (χ2n) is 3.51. The van der Waals surface area contributed by atoms with Crippen LogP contribution in [0.3, 0.4) is 0 Å². The van der Waals surface area contributed by atoms with Gasteiger partial charge in [-0.15, -0.1) is 0 Å². The van der Waals surface area contributed by atoms with Crippen LogP contribution in [0.4, 0.5) is 4.79 Å². The highest BCUT2D eigenvalue weighted by atomic mass is 16.6. The molecule has 104 valence electrons. The minimum atomic E-state index is -0.750. The van der Waals surface area contributed by atoms with Gasteiger partial charge in [-0.05, 0) is 12.1 Å². The van der Waals surface area contributed by atoms with Gasteiger partial charge in [0.25, 0.3) is 0 Å². The van der Waals surface area contributed by atoms with Crippen molar-refractivity contribution < 1.29 is 29.1 Å². The van der Waals surface area contributed by atoms with Crippen molar-refractivity contribution in [3.05, 3.63) is 24.3 Å². The number of para-hydroxylation sites is 2. The van der Waals surface area contributed by atoms with E-state index in [2.05, 4.69) is 5.32 Å². The highest BCUT2D eigenvalue weighted by Crippen LogP contribution is 2.26. The van der Waals surface area contributed by atoms with Gasteiger partial charge in [-0.1, -0.05) is 12.1 Å². The van der Waals surface area contributed by atoms with E-state index in [0.717, 1.165) is 0 Å². The Kier molecular flexibility index (Phi) is 6.55. The standard InChI is InChI=1S/C11H13NO4.BH3O2/c1-14-9-4-2-3-5-10(9)15-7-8-6-12-11(13)16-8;2-1-3/h2-5,8H,6-7H2,1H3,(H,12,13);1-3H. The largest absolute Gasteiger partial charge is 0.493 e. The normalized spacial score (nSPS) is 16.6. The number of rotatable bonds is 4. The Morgan fingerprint density at radius 3 is 2.58 bits per heavy atom. The van der Waals surface area contributed by atoms with Crippen LogP contribution < -0.4 is 14.8 Å². The molecule has 0 spiro atoms. The molecule has 1 atom stereocenters. The van der Waals surface area contributed by atoms with Gasteiger partial charge >= 0.3 is 13.8 Å². The molecule has 1 aromatic rings. The van der Waals surface area contributed by atoms with E-state index in [1.54, 1.807) is 7.11 Å². The van der Waals surface area contributed by atoms with Crippen molar-refractivity contribution >= 4 is 13.8 Å². The Balaban J connectivity index is 0.000000550. The maximum Gasteiger partial charge on any atom is 0.432 e. The minimum Gasteiger partial charge on any atom is -0.493 e. The van der Waals surface area contributed by atoms with E-state index in [-0.39, 0.29) is 6.10 Å². The van der Waals surface area contributed by atoms with Crippen molar-refractivity contribution in [3.8, 4) is 11.5 Å². The number of carbonyl (C=O) groups excluding carboxylic acids is 1. The summed E-state index contributed by atoms with van der Waals surface area (Å²) < 4.78 is 15.6. The summed E-state index contributed by atoms with van der Waals surface area (Å²) in [6.45, 7) is 0.799. The molecular formula is C11H16BNO6. The van der Waals surface area contributed by atoms with Crippen LogP contribution in [0.2, 0.25) is 0 Å². The summed E-state index contributed by atoms with van der Waals surface area (Å²) in [6, 6.07) is 7.34. The predicted molar refractivity (Wildman–Crippen MR) is 68.3 cm³/mol.